The SMILES string of the molecule is C=CC(=O)Nc1cc(-c2c(-c3cnn(C)c3)[nH]c3ncc(-c4cnn(CC)c4C)cc23)ccc1C.[HH].[HH]. The summed E-state index contributed by atoms with van der Waals surface area (Å²) in [6.07, 6.45) is 8.85. The number of aromatic nitrogens is 6. The van der Waals surface area contributed by atoms with Crippen LogP contribution < -0.4 is 5.32 Å². The number of H-pyrrole nitrogens is 1. The van der Waals surface area contributed by atoms with Gasteiger partial charge in [0.05, 0.1) is 18.1 Å². The standard InChI is InChI=1S/C27H27N7O.2H2/c1-6-24(35)31-23-11-18(9-8-16(23)3)25-21-10-19(22-14-30-34(7-2)17(22)4)12-28-27(21)32-26(25)20-13-29-33(5)15-20;;/h6,8-15H,1,7H2,2-5H3,(H,28,32)(H,31,35);2*1H. The van der Waals surface area contributed by atoms with Crippen molar-refractivity contribution < 1.29 is 7.65 Å². The van der Waals surface area contributed by atoms with Crippen LogP contribution in [-0.4, -0.2) is 35.4 Å². The van der Waals surface area contributed by atoms with Crippen molar-refractivity contribution in [1.82, 2.24) is 29.5 Å². The van der Waals surface area contributed by atoms with E-state index < -0.39 is 0 Å². The van der Waals surface area contributed by atoms with Crippen LogP contribution in [0.4, 0.5) is 5.69 Å². The molecule has 0 aliphatic heterocycles. The number of pyridine rings is 1. The minimum absolute atomic E-state index is 0. The number of aromatic amines is 1. The molecule has 0 fully saturated rings. The van der Waals surface area contributed by atoms with E-state index in [1.807, 2.05) is 55.6 Å². The van der Waals surface area contributed by atoms with Crippen LogP contribution in [-0.2, 0) is 18.4 Å². The van der Waals surface area contributed by atoms with E-state index in [2.05, 4.69) is 53.1 Å². The zero-order chi connectivity index (χ0) is 24.7. The maximum absolute atomic E-state index is 12.0. The average molecular weight is 470 g/mol. The number of anilines is 1. The zero-order valence-corrected chi connectivity index (χ0v) is 20.3. The fourth-order valence-corrected chi connectivity index (χ4v) is 4.43. The number of hydrogen-bond donors (Lipinski definition) is 2. The van der Waals surface area contributed by atoms with Gasteiger partial charge in [0, 0.05) is 67.9 Å². The summed E-state index contributed by atoms with van der Waals surface area (Å²) in [4.78, 5) is 20.3. The number of amides is 1. The molecule has 0 saturated carbocycles. The van der Waals surface area contributed by atoms with E-state index in [9.17, 15) is 4.79 Å². The van der Waals surface area contributed by atoms with Gasteiger partial charge in [-0.2, -0.15) is 10.2 Å². The molecule has 0 unspecified atom stereocenters. The molecule has 180 valence electrons. The lowest BCUT2D eigenvalue weighted by Crippen LogP contribution is -2.08. The van der Waals surface area contributed by atoms with Gasteiger partial charge in [0.25, 0.3) is 0 Å². The molecule has 0 atom stereocenters. The number of rotatable bonds is 6. The first-order valence-corrected chi connectivity index (χ1v) is 11.5. The molecule has 0 radical (unpaired) electrons. The predicted octanol–water partition coefficient (Wildman–Crippen LogP) is 5.75. The van der Waals surface area contributed by atoms with E-state index in [4.69, 9.17) is 4.98 Å². The number of aryl methyl sites for hydroxylation is 3. The van der Waals surface area contributed by atoms with Gasteiger partial charge < -0.3 is 10.3 Å². The molecule has 5 rings (SSSR count). The van der Waals surface area contributed by atoms with E-state index in [-0.39, 0.29) is 8.76 Å². The second-order valence-electron chi connectivity index (χ2n) is 8.58. The fraction of sp³-hybridized carbons (Fsp3) is 0.185. The second kappa shape index (κ2) is 8.72. The van der Waals surface area contributed by atoms with E-state index in [0.717, 1.165) is 68.0 Å². The first-order valence-electron chi connectivity index (χ1n) is 11.5. The number of carbonyl (C=O) groups is 1. The Morgan fingerprint density at radius 3 is 2.66 bits per heavy atom. The minimum Gasteiger partial charge on any atom is -0.339 e. The zero-order valence-electron chi connectivity index (χ0n) is 20.3. The molecule has 35 heavy (non-hydrogen) atoms. The summed E-state index contributed by atoms with van der Waals surface area (Å²) in [5, 5.41) is 12.8. The summed E-state index contributed by atoms with van der Waals surface area (Å²) in [5.41, 5.74) is 9.47. The first-order chi connectivity index (χ1) is 16.9. The van der Waals surface area contributed by atoms with Crippen LogP contribution in [0.5, 0.6) is 0 Å². The Bertz CT molecular complexity index is 1600. The van der Waals surface area contributed by atoms with Crippen molar-refractivity contribution >= 4 is 22.6 Å². The molecule has 4 aromatic heterocycles. The third kappa shape index (κ3) is 3.93. The number of hydrogen-bond acceptors (Lipinski definition) is 4. The summed E-state index contributed by atoms with van der Waals surface area (Å²) in [5.74, 6) is -0.246. The molecular formula is C27H31N7O. The van der Waals surface area contributed by atoms with Crippen LogP contribution in [0.25, 0.3) is 44.5 Å². The van der Waals surface area contributed by atoms with Gasteiger partial charge >= 0.3 is 0 Å². The van der Waals surface area contributed by atoms with Gasteiger partial charge in [0.1, 0.15) is 5.65 Å². The molecule has 1 amide bonds. The predicted molar refractivity (Wildman–Crippen MR) is 143 cm³/mol. The molecule has 5 aromatic rings. The molecule has 0 aliphatic carbocycles. The third-order valence-corrected chi connectivity index (χ3v) is 6.33. The monoisotopic (exact) mass is 469 g/mol. The fourth-order valence-electron chi connectivity index (χ4n) is 4.43. The highest BCUT2D eigenvalue weighted by molar-refractivity contribution is 6.05. The molecule has 2 N–H and O–H groups in total. The molecule has 0 spiro atoms. The van der Waals surface area contributed by atoms with Gasteiger partial charge in [0.2, 0.25) is 5.91 Å². The Morgan fingerprint density at radius 2 is 1.97 bits per heavy atom. The molecule has 0 saturated heterocycles. The lowest BCUT2D eigenvalue weighted by Gasteiger charge is -2.11. The van der Waals surface area contributed by atoms with Crippen LogP contribution in [0.1, 0.15) is 21.0 Å². The van der Waals surface area contributed by atoms with Gasteiger partial charge in [-0.15, -0.1) is 0 Å². The smallest absolute Gasteiger partial charge is 0.247 e. The molecule has 4 heterocycles. The van der Waals surface area contributed by atoms with Crippen LogP contribution in [0.3, 0.4) is 0 Å². The molecular weight excluding hydrogens is 438 g/mol. The van der Waals surface area contributed by atoms with E-state index in [1.165, 1.54) is 6.08 Å². The van der Waals surface area contributed by atoms with Gasteiger partial charge in [-0.1, -0.05) is 18.7 Å². The third-order valence-electron chi connectivity index (χ3n) is 6.33. The number of fused-ring (bicyclic) bond motifs is 1. The number of nitrogens with one attached hydrogen (secondary N) is 2. The largest absolute Gasteiger partial charge is 0.339 e. The summed E-state index contributed by atoms with van der Waals surface area (Å²) in [6, 6.07) is 8.22. The van der Waals surface area contributed by atoms with E-state index >= 15 is 0 Å². The molecule has 8 heteroatoms. The van der Waals surface area contributed by atoms with Gasteiger partial charge in [-0.3, -0.25) is 14.2 Å². The van der Waals surface area contributed by atoms with Crippen LogP contribution >= 0.6 is 0 Å². The summed E-state index contributed by atoms with van der Waals surface area (Å²) < 4.78 is 3.75. The van der Waals surface area contributed by atoms with Crippen molar-refractivity contribution in [1.29, 1.82) is 0 Å². The molecule has 1 aromatic carbocycles. The van der Waals surface area contributed by atoms with Gasteiger partial charge in [-0.05, 0) is 50.1 Å². The van der Waals surface area contributed by atoms with E-state index in [1.54, 1.807) is 4.68 Å². The maximum Gasteiger partial charge on any atom is 0.247 e. The topological polar surface area (TPSA) is 93.4 Å². The van der Waals surface area contributed by atoms with Crippen molar-refractivity contribution in [2.24, 2.45) is 7.05 Å². The quantitative estimate of drug-likeness (QED) is 0.310. The Balaban J connectivity index is 0.00000190. The van der Waals surface area contributed by atoms with Crippen molar-refractivity contribution in [2.75, 3.05) is 5.32 Å². The Morgan fingerprint density at radius 1 is 1.14 bits per heavy atom. The van der Waals surface area contributed by atoms with Crippen LogP contribution in [0.2, 0.25) is 0 Å². The second-order valence-corrected chi connectivity index (χ2v) is 8.58. The van der Waals surface area contributed by atoms with Crippen LogP contribution in [0.15, 0.2) is 61.7 Å². The Kier molecular flexibility index (Phi) is 5.56. The van der Waals surface area contributed by atoms with Gasteiger partial charge in [-0.25, -0.2) is 4.98 Å². The molecule has 8 nitrogen and oxygen atoms in total. The van der Waals surface area contributed by atoms with Crippen LogP contribution in [0, 0.1) is 13.8 Å². The first kappa shape index (κ1) is 22.3. The summed E-state index contributed by atoms with van der Waals surface area (Å²) >= 11 is 0. The highest BCUT2D eigenvalue weighted by Gasteiger charge is 2.20. The summed E-state index contributed by atoms with van der Waals surface area (Å²) in [7, 11) is 1.89. The Labute approximate surface area is 206 Å². The van der Waals surface area contributed by atoms with Crippen molar-refractivity contribution in [3.8, 4) is 33.5 Å². The number of carbonyl (C=O) groups excluding carboxylic acids is 1. The average Bonchev–Trinajstić information content (AvgIpc) is 3.56. The highest BCUT2D eigenvalue weighted by Crippen LogP contribution is 2.40. The Hall–Kier alpha value is -4.46. The highest BCUT2D eigenvalue weighted by atomic mass is 16.1. The van der Waals surface area contributed by atoms with Crippen molar-refractivity contribution in [3.05, 3.63) is 73.0 Å². The summed E-state index contributed by atoms with van der Waals surface area (Å²) in [6.45, 7) is 10.5. The molecule has 0 bridgehead atoms. The van der Waals surface area contributed by atoms with Crippen molar-refractivity contribution in [2.45, 2.75) is 27.3 Å². The molecule has 0 aliphatic rings. The van der Waals surface area contributed by atoms with Crippen molar-refractivity contribution in [3.63, 3.8) is 0 Å². The normalized spacial score (nSPS) is 11.2. The minimum atomic E-state index is -0.246. The maximum atomic E-state index is 12.0. The number of nitrogens with zero attached hydrogens (tertiary/aromatic N) is 5. The number of benzene rings is 1. The van der Waals surface area contributed by atoms with Gasteiger partial charge in [0.15, 0.2) is 0 Å². The lowest BCUT2D eigenvalue weighted by atomic mass is 9.97. The lowest BCUT2D eigenvalue weighted by molar-refractivity contribution is -0.111. The van der Waals surface area contributed by atoms with E-state index in [0.29, 0.717) is 0 Å².